The molecule has 0 saturated carbocycles. The van der Waals surface area contributed by atoms with Gasteiger partial charge in [-0.25, -0.2) is 12.8 Å². The van der Waals surface area contributed by atoms with Gasteiger partial charge in [0.2, 0.25) is 10.0 Å². The zero-order chi connectivity index (χ0) is 19.8. The van der Waals surface area contributed by atoms with Crippen LogP contribution in [0, 0.1) is 12.7 Å². The van der Waals surface area contributed by atoms with E-state index in [0.717, 1.165) is 0 Å². The van der Waals surface area contributed by atoms with Crippen molar-refractivity contribution in [2.24, 2.45) is 0 Å². The van der Waals surface area contributed by atoms with Crippen molar-refractivity contribution in [2.75, 3.05) is 18.4 Å². The predicted molar refractivity (Wildman–Crippen MR) is 103 cm³/mol. The number of amides is 1. The highest BCUT2D eigenvalue weighted by Gasteiger charge is 2.32. The average Bonchev–Trinajstić information content (AvgIpc) is 3.05. The quantitative estimate of drug-likeness (QED) is 0.740. The van der Waals surface area contributed by atoms with Gasteiger partial charge in [0.15, 0.2) is 0 Å². The second-order valence-electron chi connectivity index (χ2n) is 6.37. The summed E-state index contributed by atoms with van der Waals surface area (Å²) in [4.78, 5) is 12.5. The number of aryl methyl sites for hydroxylation is 1. The van der Waals surface area contributed by atoms with Gasteiger partial charge in [0.05, 0.1) is 15.5 Å². The first-order chi connectivity index (χ1) is 12.7. The first kappa shape index (κ1) is 19.9. The molecule has 2 aromatic carbocycles. The fraction of sp³-hybridized carbons (Fsp3) is 0.278. The molecule has 144 valence electrons. The minimum atomic E-state index is -3.81. The molecule has 0 radical (unpaired) electrons. The number of benzene rings is 2. The highest BCUT2D eigenvalue weighted by atomic mass is 79.9. The van der Waals surface area contributed by atoms with Crippen molar-refractivity contribution >= 4 is 37.5 Å². The van der Waals surface area contributed by atoms with Crippen LogP contribution in [-0.4, -0.2) is 42.9 Å². The number of carbonyl (C=O) groups is 1. The summed E-state index contributed by atoms with van der Waals surface area (Å²) < 4.78 is 40.4. The third-order valence-electron chi connectivity index (χ3n) is 4.37. The van der Waals surface area contributed by atoms with Crippen LogP contribution in [0.5, 0.6) is 0 Å². The molecule has 1 aliphatic heterocycles. The van der Waals surface area contributed by atoms with Crippen LogP contribution in [0.25, 0.3) is 0 Å². The Labute approximate surface area is 165 Å². The van der Waals surface area contributed by atoms with E-state index in [4.69, 9.17) is 0 Å². The van der Waals surface area contributed by atoms with Gasteiger partial charge in [-0.3, -0.25) is 4.79 Å². The summed E-state index contributed by atoms with van der Waals surface area (Å²) >= 11 is 3.05. The van der Waals surface area contributed by atoms with Gasteiger partial charge in [-0.05, 0) is 65.2 Å². The Hall–Kier alpha value is -1.81. The third-order valence-corrected chi connectivity index (χ3v) is 6.99. The summed E-state index contributed by atoms with van der Waals surface area (Å²) in [6.45, 7) is 1.93. The Morgan fingerprint density at radius 2 is 2.04 bits per heavy atom. The number of β-amino-alcohol motifs (C(OH)–C–C–N with tert-alkyl or cyclic N) is 1. The van der Waals surface area contributed by atoms with E-state index in [0.29, 0.717) is 17.7 Å². The molecule has 2 aromatic rings. The minimum Gasteiger partial charge on any atom is -0.392 e. The molecule has 0 aliphatic carbocycles. The fourth-order valence-electron chi connectivity index (χ4n) is 2.86. The first-order valence-corrected chi connectivity index (χ1v) is 10.5. The van der Waals surface area contributed by atoms with Gasteiger partial charge >= 0.3 is 0 Å². The molecule has 0 bridgehead atoms. The number of nitrogens with zero attached hydrogens (tertiary/aromatic N) is 1. The van der Waals surface area contributed by atoms with Crippen molar-refractivity contribution in [3.63, 3.8) is 0 Å². The van der Waals surface area contributed by atoms with E-state index in [1.54, 1.807) is 13.0 Å². The Kier molecular flexibility index (Phi) is 5.66. The van der Waals surface area contributed by atoms with Crippen molar-refractivity contribution < 1.29 is 22.7 Å². The molecule has 1 atom stereocenters. The second kappa shape index (κ2) is 7.67. The second-order valence-corrected chi connectivity index (χ2v) is 9.13. The summed E-state index contributed by atoms with van der Waals surface area (Å²) in [6, 6.07) is 8.46. The van der Waals surface area contributed by atoms with Crippen LogP contribution in [0.1, 0.15) is 22.3 Å². The predicted octanol–water partition coefficient (Wildman–Crippen LogP) is 2.90. The average molecular weight is 457 g/mol. The Bertz CT molecular complexity index is 997. The first-order valence-electron chi connectivity index (χ1n) is 8.24. The fourth-order valence-corrected chi connectivity index (χ4v) is 4.99. The van der Waals surface area contributed by atoms with E-state index in [9.17, 15) is 22.7 Å². The number of aliphatic hydroxyl groups is 1. The maximum absolute atomic E-state index is 13.3. The zero-order valence-electron chi connectivity index (χ0n) is 14.4. The zero-order valence-corrected chi connectivity index (χ0v) is 16.8. The normalized spacial score (nSPS) is 17.9. The molecule has 3 rings (SSSR count). The molecule has 9 heteroatoms. The molecule has 1 amide bonds. The largest absolute Gasteiger partial charge is 0.392 e. The summed E-state index contributed by atoms with van der Waals surface area (Å²) in [5, 5.41) is 12.2. The Morgan fingerprint density at radius 3 is 2.67 bits per heavy atom. The van der Waals surface area contributed by atoms with Crippen molar-refractivity contribution in [2.45, 2.75) is 24.3 Å². The van der Waals surface area contributed by atoms with E-state index in [1.165, 1.54) is 34.6 Å². The number of rotatable bonds is 4. The van der Waals surface area contributed by atoms with E-state index >= 15 is 0 Å². The van der Waals surface area contributed by atoms with E-state index in [-0.39, 0.29) is 28.0 Å². The van der Waals surface area contributed by atoms with Crippen LogP contribution < -0.4 is 5.32 Å². The van der Waals surface area contributed by atoms with Crippen molar-refractivity contribution in [3.05, 3.63) is 57.8 Å². The molecule has 0 spiro atoms. The van der Waals surface area contributed by atoms with E-state index < -0.39 is 27.9 Å². The maximum atomic E-state index is 13.3. The van der Waals surface area contributed by atoms with Gasteiger partial charge < -0.3 is 10.4 Å². The number of hydrogen-bond acceptors (Lipinski definition) is 4. The topological polar surface area (TPSA) is 86.7 Å². The number of sulfonamides is 1. The molecule has 6 nitrogen and oxygen atoms in total. The lowest BCUT2D eigenvalue weighted by Crippen LogP contribution is -2.30. The molecule has 2 N–H and O–H groups in total. The molecular weight excluding hydrogens is 439 g/mol. The van der Waals surface area contributed by atoms with E-state index in [2.05, 4.69) is 21.2 Å². The van der Waals surface area contributed by atoms with Crippen LogP contribution in [0.3, 0.4) is 0 Å². The Balaban J connectivity index is 1.88. The lowest BCUT2D eigenvalue weighted by Gasteiger charge is -2.18. The van der Waals surface area contributed by atoms with Gasteiger partial charge in [-0.15, -0.1) is 0 Å². The summed E-state index contributed by atoms with van der Waals surface area (Å²) in [5.41, 5.74) is 1.05. The molecule has 1 saturated heterocycles. The number of nitrogens with one attached hydrogen (secondary N) is 1. The summed E-state index contributed by atoms with van der Waals surface area (Å²) in [5.74, 6) is -0.962. The number of halogens is 2. The monoisotopic (exact) mass is 456 g/mol. The van der Waals surface area contributed by atoms with Gasteiger partial charge in [0, 0.05) is 24.3 Å². The lowest BCUT2D eigenvalue weighted by atomic mass is 10.1. The van der Waals surface area contributed by atoms with Gasteiger partial charge in [0.1, 0.15) is 5.82 Å². The SMILES string of the molecule is Cc1ccc(C(=O)Nc2ccc(F)c(Br)c2)cc1S(=O)(=O)N1CCC(O)C1. The minimum absolute atomic E-state index is 0.0320. The van der Waals surface area contributed by atoms with Crippen LogP contribution in [-0.2, 0) is 10.0 Å². The van der Waals surface area contributed by atoms with Crippen LogP contribution in [0.4, 0.5) is 10.1 Å². The van der Waals surface area contributed by atoms with Gasteiger partial charge in [-0.1, -0.05) is 6.07 Å². The number of aliphatic hydroxyl groups excluding tert-OH is 1. The molecule has 0 aromatic heterocycles. The molecular formula is C18H18BrFN2O4S. The van der Waals surface area contributed by atoms with Crippen molar-refractivity contribution in [1.29, 1.82) is 0 Å². The Morgan fingerprint density at radius 1 is 1.30 bits per heavy atom. The molecule has 1 fully saturated rings. The standard InChI is InChI=1S/C18H18BrFN2O4S/c1-11-2-3-12(18(24)21-13-4-5-16(20)15(19)9-13)8-17(11)27(25,26)22-7-6-14(23)10-22/h2-5,8-9,14,23H,6-7,10H2,1H3,(H,21,24). The molecule has 1 unspecified atom stereocenters. The number of carbonyl (C=O) groups excluding carboxylic acids is 1. The van der Waals surface area contributed by atoms with Gasteiger partial charge in [0.25, 0.3) is 5.91 Å². The lowest BCUT2D eigenvalue weighted by molar-refractivity contribution is 0.102. The summed E-state index contributed by atoms with van der Waals surface area (Å²) in [7, 11) is -3.81. The summed E-state index contributed by atoms with van der Waals surface area (Å²) in [6.07, 6.45) is -0.291. The van der Waals surface area contributed by atoms with Crippen LogP contribution in [0.2, 0.25) is 0 Å². The highest BCUT2D eigenvalue weighted by molar-refractivity contribution is 9.10. The van der Waals surface area contributed by atoms with Gasteiger partial charge in [-0.2, -0.15) is 4.31 Å². The number of hydrogen-bond donors (Lipinski definition) is 2. The number of anilines is 1. The maximum Gasteiger partial charge on any atom is 0.255 e. The molecule has 1 heterocycles. The molecule has 1 aliphatic rings. The van der Waals surface area contributed by atoms with Crippen molar-refractivity contribution in [3.8, 4) is 0 Å². The van der Waals surface area contributed by atoms with Crippen LogP contribution in [0.15, 0.2) is 45.8 Å². The van der Waals surface area contributed by atoms with E-state index in [1.807, 2.05) is 0 Å². The smallest absolute Gasteiger partial charge is 0.255 e. The molecule has 27 heavy (non-hydrogen) atoms. The van der Waals surface area contributed by atoms with Crippen LogP contribution >= 0.6 is 15.9 Å². The highest BCUT2D eigenvalue weighted by Crippen LogP contribution is 2.26. The third kappa shape index (κ3) is 4.21. The van der Waals surface area contributed by atoms with Crippen molar-refractivity contribution in [1.82, 2.24) is 4.31 Å².